The van der Waals surface area contributed by atoms with Crippen LogP contribution in [0.5, 0.6) is 0 Å². The molecule has 3 aliphatic rings. The van der Waals surface area contributed by atoms with Crippen molar-refractivity contribution >= 4 is 17.9 Å². The third kappa shape index (κ3) is 3.90. The van der Waals surface area contributed by atoms with Crippen LogP contribution in [0.1, 0.15) is 45.4 Å². The molecule has 140 valence electrons. The third-order valence-electron chi connectivity index (χ3n) is 6.01. The molecule has 2 atom stereocenters. The topological polar surface area (TPSA) is 81.2 Å². The number of aliphatic carboxylic acids is 1. The van der Waals surface area contributed by atoms with E-state index in [-0.39, 0.29) is 23.9 Å². The van der Waals surface area contributed by atoms with E-state index in [2.05, 4.69) is 0 Å². The minimum Gasteiger partial charge on any atom is -0.481 e. The molecular weight excluding hydrogens is 322 g/mol. The zero-order valence-electron chi connectivity index (χ0n) is 15.0. The van der Waals surface area contributed by atoms with Gasteiger partial charge < -0.3 is 19.8 Å². The number of rotatable bonds is 2. The van der Waals surface area contributed by atoms with Gasteiger partial charge in [0.1, 0.15) is 0 Å². The van der Waals surface area contributed by atoms with E-state index in [0.717, 1.165) is 32.4 Å². The van der Waals surface area contributed by atoms with E-state index in [0.29, 0.717) is 38.9 Å². The van der Waals surface area contributed by atoms with Gasteiger partial charge in [0.2, 0.25) is 5.91 Å². The number of likely N-dealkylation sites (tertiary alicyclic amines) is 3. The Labute approximate surface area is 148 Å². The first-order valence-corrected chi connectivity index (χ1v) is 9.54. The van der Waals surface area contributed by atoms with Crippen molar-refractivity contribution in [3.63, 3.8) is 0 Å². The fraction of sp³-hybridized carbons (Fsp3) is 0.833. The normalized spacial score (nSPS) is 28.3. The predicted octanol–water partition coefficient (Wildman–Crippen LogP) is 1.63. The number of amides is 3. The highest BCUT2D eigenvalue weighted by Gasteiger charge is 2.37. The van der Waals surface area contributed by atoms with E-state index in [1.807, 2.05) is 16.7 Å². The maximum atomic E-state index is 12.9. The Morgan fingerprint density at radius 2 is 1.44 bits per heavy atom. The number of hydrogen-bond donors (Lipinski definition) is 1. The molecule has 0 radical (unpaired) electrons. The van der Waals surface area contributed by atoms with Crippen molar-refractivity contribution in [1.82, 2.24) is 14.7 Å². The van der Waals surface area contributed by atoms with Crippen LogP contribution < -0.4 is 0 Å². The average Bonchev–Trinajstić information content (AvgIpc) is 3.15. The van der Waals surface area contributed by atoms with Crippen LogP contribution in [0.3, 0.4) is 0 Å². The number of hydrogen-bond acceptors (Lipinski definition) is 3. The van der Waals surface area contributed by atoms with E-state index < -0.39 is 11.9 Å². The standard InChI is InChI=1S/C18H29N3O4/c1-13-4-5-15(17(23)24)12-21(13)16(22)14-6-10-20(11-7-14)18(25)19-8-2-3-9-19/h13-15H,2-12H2,1H3,(H,23,24). The Morgan fingerprint density at radius 1 is 0.840 bits per heavy atom. The van der Waals surface area contributed by atoms with Gasteiger partial charge in [0.05, 0.1) is 5.92 Å². The molecule has 3 amide bonds. The quantitative estimate of drug-likeness (QED) is 0.820. The Morgan fingerprint density at radius 3 is 2.04 bits per heavy atom. The van der Waals surface area contributed by atoms with Crippen LogP contribution in [0.2, 0.25) is 0 Å². The molecule has 3 aliphatic heterocycles. The zero-order chi connectivity index (χ0) is 18.0. The molecule has 0 aromatic carbocycles. The van der Waals surface area contributed by atoms with E-state index >= 15 is 0 Å². The second-order valence-corrected chi connectivity index (χ2v) is 7.69. The summed E-state index contributed by atoms with van der Waals surface area (Å²) >= 11 is 0. The summed E-state index contributed by atoms with van der Waals surface area (Å²) in [6.07, 6.45) is 4.91. The lowest BCUT2D eigenvalue weighted by Crippen LogP contribution is -2.52. The molecule has 7 heteroatoms. The highest BCUT2D eigenvalue weighted by molar-refractivity contribution is 5.81. The molecule has 25 heavy (non-hydrogen) atoms. The van der Waals surface area contributed by atoms with Gasteiger partial charge in [-0.15, -0.1) is 0 Å². The van der Waals surface area contributed by atoms with Crippen LogP contribution in [0.25, 0.3) is 0 Å². The van der Waals surface area contributed by atoms with Gasteiger partial charge in [-0.3, -0.25) is 9.59 Å². The fourth-order valence-corrected chi connectivity index (χ4v) is 4.28. The van der Waals surface area contributed by atoms with Crippen LogP contribution >= 0.6 is 0 Å². The zero-order valence-corrected chi connectivity index (χ0v) is 15.0. The minimum atomic E-state index is -0.810. The Kier molecular flexibility index (Phi) is 5.49. The van der Waals surface area contributed by atoms with Crippen molar-refractivity contribution in [3.05, 3.63) is 0 Å². The number of carboxylic acids is 1. The van der Waals surface area contributed by atoms with Gasteiger partial charge in [0, 0.05) is 44.7 Å². The number of carboxylic acid groups (broad SMARTS) is 1. The molecule has 7 nitrogen and oxygen atoms in total. The summed E-state index contributed by atoms with van der Waals surface area (Å²) in [7, 11) is 0. The first kappa shape index (κ1) is 18.0. The molecule has 0 aromatic heterocycles. The summed E-state index contributed by atoms with van der Waals surface area (Å²) in [6.45, 7) is 5.26. The molecule has 0 aliphatic carbocycles. The van der Waals surface area contributed by atoms with Gasteiger partial charge in [-0.25, -0.2) is 4.79 Å². The summed E-state index contributed by atoms with van der Waals surface area (Å²) in [4.78, 5) is 42.1. The van der Waals surface area contributed by atoms with Gasteiger partial charge in [0.15, 0.2) is 0 Å². The summed E-state index contributed by atoms with van der Waals surface area (Å²) in [5.41, 5.74) is 0. The van der Waals surface area contributed by atoms with Gasteiger partial charge in [-0.05, 0) is 45.4 Å². The van der Waals surface area contributed by atoms with E-state index in [1.54, 1.807) is 4.90 Å². The Balaban J connectivity index is 1.53. The van der Waals surface area contributed by atoms with Gasteiger partial charge in [-0.1, -0.05) is 0 Å². The lowest BCUT2D eigenvalue weighted by molar-refractivity contribution is -0.149. The van der Waals surface area contributed by atoms with Gasteiger partial charge >= 0.3 is 12.0 Å². The van der Waals surface area contributed by atoms with E-state index in [4.69, 9.17) is 0 Å². The second-order valence-electron chi connectivity index (χ2n) is 7.69. The summed E-state index contributed by atoms with van der Waals surface area (Å²) in [5, 5.41) is 9.25. The molecule has 0 bridgehead atoms. The third-order valence-corrected chi connectivity index (χ3v) is 6.01. The van der Waals surface area contributed by atoms with Crippen LogP contribution in [0.15, 0.2) is 0 Å². The average molecular weight is 351 g/mol. The monoisotopic (exact) mass is 351 g/mol. The minimum absolute atomic E-state index is 0.0757. The SMILES string of the molecule is CC1CCC(C(=O)O)CN1C(=O)C1CCN(C(=O)N2CCCC2)CC1. The van der Waals surface area contributed by atoms with Crippen molar-refractivity contribution in [2.75, 3.05) is 32.7 Å². The fourth-order valence-electron chi connectivity index (χ4n) is 4.28. The number of carbonyl (C=O) groups excluding carboxylic acids is 2. The number of urea groups is 1. The lowest BCUT2D eigenvalue weighted by atomic mass is 9.89. The highest BCUT2D eigenvalue weighted by atomic mass is 16.4. The number of piperidine rings is 2. The van der Waals surface area contributed by atoms with Crippen LogP contribution in [-0.2, 0) is 9.59 Å². The van der Waals surface area contributed by atoms with Gasteiger partial charge in [-0.2, -0.15) is 0 Å². The molecule has 0 spiro atoms. The summed E-state index contributed by atoms with van der Waals surface area (Å²) < 4.78 is 0. The van der Waals surface area contributed by atoms with Crippen molar-refractivity contribution in [1.29, 1.82) is 0 Å². The molecule has 1 N–H and O–H groups in total. The number of nitrogens with zero attached hydrogens (tertiary/aromatic N) is 3. The molecule has 3 saturated heterocycles. The predicted molar refractivity (Wildman–Crippen MR) is 92.0 cm³/mol. The number of carbonyl (C=O) groups is 3. The van der Waals surface area contributed by atoms with Crippen LogP contribution in [0.4, 0.5) is 4.79 Å². The first-order chi connectivity index (χ1) is 12.0. The summed E-state index contributed by atoms with van der Waals surface area (Å²) in [6, 6.07) is 0.216. The molecule has 0 saturated carbocycles. The molecule has 3 heterocycles. The largest absolute Gasteiger partial charge is 0.481 e. The maximum absolute atomic E-state index is 12.9. The maximum Gasteiger partial charge on any atom is 0.319 e. The van der Waals surface area contributed by atoms with Crippen molar-refractivity contribution in [2.45, 2.75) is 51.5 Å². The molecule has 3 rings (SSSR count). The van der Waals surface area contributed by atoms with Crippen molar-refractivity contribution in [2.24, 2.45) is 11.8 Å². The van der Waals surface area contributed by atoms with Crippen LogP contribution in [0, 0.1) is 11.8 Å². The van der Waals surface area contributed by atoms with Crippen molar-refractivity contribution in [3.8, 4) is 0 Å². The highest BCUT2D eigenvalue weighted by Crippen LogP contribution is 2.27. The molecule has 3 fully saturated rings. The Bertz CT molecular complexity index is 524. The van der Waals surface area contributed by atoms with Crippen molar-refractivity contribution < 1.29 is 19.5 Å². The smallest absolute Gasteiger partial charge is 0.319 e. The van der Waals surface area contributed by atoms with Crippen LogP contribution in [-0.4, -0.2) is 76.5 Å². The lowest BCUT2D eigenvalue weighted by Gasteiger charge is -2.40. The van der Waals surface area contributed by atoms with E-state index in [1.165, 1.54) is 0 Å². The second kappa shape index (κ2) is 7.62. The summed E-state index contributed by atoms with van der Waals surface area (Å²) in [5.74, 6) is -1.27. The van der Waals surface area contributed by atoms with E-state index in [9.17, 15) is 19.5 Å². The molecule has 0 aromatic rings. The molecular formula is C18H29N3O4. The molecule has 2 unspecified atom stereocenters. The van der Waals surface area contributed by atoms with Gasteiger partial charge in [0.25, 0.3) is 0 Å². The first-order valence-electron chi connectivity index (χ1n) is 9.54. The Hall–Kier alpha value is -1.79.